The number of hydrogen-bond acceptors (Lipinski definition) is 3. The van der Waals surface area contributed by atoms with Crippen molar-refractivity contribution >= 4 is 6.09 Å². The smallest absolute Gasteiger partial charge is 0.409 e. The highest BCUT2D eigenvalue weighted by Crippen LogP contribution is 2.41. The van der Waals surface area contributed by atoms with E-state index < -0.39 is 0 Å². The molecule has 0 bridgehead atoms. The minimum atomic E-state index is -0.162. The quantitative estimate of drug-likeness (QED) is 0.926. The second-order valence-electron chi connectivity index (χ2n) is 5.99. The summed E-state index contributed by atoms with van der Waals surface area (Å²) in [7, 11) is 0. The Labute approximate surface area is 126 Å². The molecule has 1 aliphatic heterocycles. The minimum absolute atomic E-state index is 0.162. The van der Waals surface area contributed by atoms with Crippen molar-refractivity contribution in [1.29, 1.82) is 0 Å². The van der Waals surface area contributed by atoms with E-state index in [2.05, 4.69) is 35.6 Å². The van der Waals surface area contributed by atoms with E-state index in [9.17, 15) is 4.79 Å². The second kappa shape index (κ2) is 6.48. The van der Waals surface area contributed by atoms with Crippen LogP contribution < -0.4 is 5.32 Å². The van der Waals surface area contributed by atoms with E-state index in [1.54, 1.807) is 0 Å². The summed E-state index contributed by atoms with van der Waals surface area (Å²) in [5.41, 5.74) is 1.44. The Morgan fingerprint density at radius 1 is 1.29 bits per heavy atom. The molecule has 2 aliphatic rings. The summed E-state index contributed by atoms with van der Waals surface area (Å²) < 4.78 is 5.05. The molecule has 0 aromatic heterocycles. The van der Waals surface area contributed by atoms with E-state index in [1.807, 2.05) is 11.8 Å². The lowest BCUT2D eigenvalue weighted by Crippen LogP contribution is -2.45. The number of carbonyl (C=O) groups excluding carboxylic acids is 1. The first kappa shape index (κ1) is 14.4. The van der Waals surface area contributed by atoms with Gasteiger partial charge in [0.15, 0.2) is 0 Å². The number of amides is 1. The predicted octanol–water partition coefficient (Wildman–Crippen LogP) is 2.75. The average Bonchev–Trinajstić information content (AvgIpc) is 3.28. The normalized spacial score (nSPS) is 25.7. The number of ether oxygens (including phenoxy) is 1. The number of nitrogens with one attached hydrogen (secondary N) is 1. The van der Waals surface area contributed by atoms with Crippen LogP contribution in [-0.2, 0) is 4.74 Å². The molecule has 1 aromatic carbocycles. The van der Waals surface area contributed by atoms with Crippen LogP contribution in [0.1, 0.15) is 37.7 Å². The molecule has 114 valence electrons. The summed E-state index contributed by atoms with van der Waals surface area (Å²) >= 11 is 0. The first-order valence-corrected chi connectivity index (χ1v) is 8.00. The van der Waals surface area contributed by atoms with Crippen molar-refractivity contribution in [1.82, 2.24) is 10.2 Å². The number of hydrogen-bond donors (Lipinski definition) is 1. The number of nitrogens with zero attached hydrogens (tertiary/aromatic N) is 1. The molecule has 3 rings (SSSR count). The van der Waals surface area contributed by atoms with Crippen molar-refractivity contribution in [3.63, 3.8) is 0 Å². The van der Waals surface area contributed by atoms with E-state index >= 15 is 0 Å². The first-order valence-electron chi connectivity index (χ1n) is 8.00. The summed E-state index contributed by atoms with van der Waals surface area (Å²) in [4.78, 5) is 13.5. The SMILES string of the molecule is CCOC(=O)N1CCC(NC2CC2c2ccccc2)CC1. The van der Waals surface area contributed by atoms with Crippen LogP contribution in [0.3, 0.4) is 0 Å². The first-order chi connectivity index (χ1) is 10.3. The van der Waals surface area contributed by atoms with Crippen LogP contribution in [0.2, 0.25) is 0 Å². The Morgan fingerprint density at radius 3 is 2.67 bits per heavy atom. The zero-order chi connectivity index (χ0) is 14.7. The molecule has 0 radical (unpaired) electrons. The van der Waals surface area contributed by atoms with Gasteiger partial charge < -0.3 is 15.0 Å². The highest BCUT2D eigenvalue weighted by molar-refractivity contribution is 5.67. The lowest BCUT2D eigenvalue weighted by atomic mass is 10.0. The van der Waals surface area contributed by atoms with Crippen LogP contribution in [-0.4, -0.2) is 42.8 Å². The van der Waals surface area contributed by atoms with Crippen molar-refractivity contribution in [3.05, 3.63) is 35.9 Å². The van der Waals surface area contributed by atoms with Gasteiger partial charge in [-0.25, -0.2) is 4.79 Å². The van der Waals surface area contributed by atoms with Crippen molar-refractivity contribution in [2.24, 2.45) is 0 Å². The standard InChI is InChI=1S/C17H24N2O2/c1-2-21-17(20)19-10-8-14(9-11-19)18-16-12-15(16)13-6-4-3-5-7-13/h3-7,14-16,18H,2,8-12H2,1H3. The van der Waals surface area contributed by atoms with Crippen LogP contribution in [0.4, 0.5) is 4.79 Å². The van der Waals surface area contributed by atoms with Crippen LogP contribution in [0.5, 0.6) is 0 Å². The Balaban J connectivity index is 1.42. The number of likely N-dealkylation sites (tertiary alicyclic amines) is 1. The highest BCUT2D eigenvalue weighted by atomic mass is 16.6. The van der Waals surface area contributed by atoms with Crippen molar-refractivity contribution in [2.45, 2.75) is 44.2 Å². The van der Waals surface area contributed by atoms with E-state index in [0.717, 1.165) is 25.9 Å². The van der Waals surface area contributed by atoms with Gasteiger partial charge in [0, 0.05) is 31.1 Å². The zero-order valence-corrected chi connectivity index (χ0v) is 12.6. The maximum Gasteiger partial charge on any atom is 0.409 e. The molecule has 1 aliphatic carbocycles. The van der Waals surface area contributed by atoms with Gasteiger partial charge in [0.2, 0.25) is 0 Å². The molecule has 21 heavy (non-hydrogen) atoms. The highest BCUT2D eigenvalue weighted by Gasteiger charge is 2.39. The second-order valence-corrected chi connectivity index (χ2v) is 5.99. The summed E-state index contributed by atoms with van der Waals surface area (Å²) in [6.07, 6.45) is 3.12. The van der Waals surface area contributed by atoms with Crippen LogP contribution in [0.25, 0.3) is 0 Å². The molecule has 1 aromatic rings. The van der Waals surface area contributed by atoms with E-state index in [1.165, 1.54) is 12.0 Å². The number of carbonyl (C=O) groups is 1. The lowest BCUT2D eigenvalue weighted by Gasteiger charge is -2.31. The summed E-state index contributed by atoms with van der Waals surface area (Å²) in [6.45, 7) is 3.92. The Hall–Kier alpha value is -1.55. The van der Waals surface area contributed by atoms with E-state index in [4.69, 9.17) is 4.74 Å². The van der Waals surface area contributed by atoms with E-state index in [0.29, 0.717) is 24.6 Å². The predicted molar refractivity (Wildman–Crippen MR) is 82.3 cm³/mol. The average molecular weight is 288 g/mol. The van der Waals surface area contributed by atoms with Crippen molar-refractivity contribution in [3.8, 4) is 0 Å². The molecule has 4 heteroatoms. The number of benzene rings is 1. The minimum Gasteiger partial charge on any atom is -0.450 e. The molecule has 1 heterocycles. The molecule has 4 nitrogen and oxygen atoms in total. The topological polar surface area (TPSA) is 41.6 Å². The van der Waals surface area contributed by atoms with Gasteiger partial charge in [-0.15, -0.1) is 0 Å². The van der Waals surface area contributed by atoms with Crippen LogP contribution in [0, 0.1) is 0 Å². The van der Waals surface area contributed by atoms with Gasteiger partial charge in [-0.1, -0.05) is 30.3 Å². The Kier molecular flexibility index (Phi) is 4.44. The summed E-state index contributed by atoms with van der Waals surface area (Å²) in [5.74, 6) is 0.675. The molecule has 2 atom stereocenters. The van der Waals surface area contributed by atoms with Crippen molar-refractivity contribution < 1.29 is 9.53 Å². The fourth-order valence-electron chi connectivity index (χ4n) is 3.19. The van der Waals surface area contributed by atoms with Gasteiger partial charge >= 0.3 is 6.09 Å². The molecule has 1 amide bonds. The Bertz CT molecular complexity index is 469. The van der Waals surface area contributed by atoms with Gasteiger partial charge in [0.05, 0.1) is 6.61 Å². The van der Waals surface area contributed by atoms with Gasteiger partial charge in [0.1, 0.15) is 0 Å². The van der Waals surface area contributed by atoms with Gasteiger partial charge in [-0.3, -0.25) is 0 Å². The Morgan fingerprint density at radius 2 is 2.00 bits per heavy atom. The molecule has 1 saturated carbocycles. The third kappa shape index (κ3) is 3.56. The summed E-state index contributed by atoms with van der Waals surface area (Å²) in [6, 6.07) is 11.9. The van der Waals surface area contributed by atoms with Crippen LogP contribution in [0.15, 0.2) is 30.3 Å². The molecular formula is C17H24N2O2. The van der Waals surface area contributed by atoms with Gasteiger partial charge in [0.25, 0.3) is 0 Å². The summed E-state index contributed by atoms with van der Waals surface area (Å²) in [5, 5.41) is 3.75. The largest absolute Gasteiger partial charge is 0.450 e. The molecule has 0 spiro atoms. The number of piperidine rings is 1. The van der Waals surface area contributed by atoms with Crippen LogP contribution >= 0.6 is 0 Å². The molecule has 1 saturated heterocycles. The fourth-order valence-corrected chi connectivity index (χ4v) is 3.19. The molecule has 1 N–H and O–H groups in total. The van der Waals surface area contributed by atoms with Gasteiger partial charge in [-0.2, -0.15) is 0 Å². The zero-order valence-electron chi connectivity index (χ0n) is 12.6. The fraction of sp³-hybridized carbons (Fsp3) is 0.588. The van der Waals surface area contributed by atoms with E-state index in [-0.39, 0.29) is 6.09 Å². The molecule has 2 unspecified atom stereocenters. The van der Waals surface area contributed by atoms with Gasteiger partial charge in [-0.05, 0) is 31.7 Å². The van der Waals surface area contributed by atoms with Crippen molar-refractivity contribution in [2.75, 3.05) is 19.7 Å². The molecule has 2 fully saturated rings. The maximum atomic E-state index is 11.7. The monoisotopic (exact) mass is 288 g/mol. The molecular weight excluding hydrogens is 264 g/mol. The third-order valence-corrected chi connectivity index (χ3v) is 4.49. The maximum absolute atomic E-state index is 11.7. The third-order valence-electron chi connectivity index (χ3n) is 4.49. The lowest BCUT2D eigenvalue weighted by molar-refractivity contribution is 0.0949. The number of rotatable bonds is 4.